The highest BCUT2D eigenvalue weighted by Gasteiger charge is 2.09. The molecule has 0 amide bonds. The molecule has 1 aromatic heterocycles. The molecule has 0 aliphatic heterocycles. The number of nitrogens with one attached hydrogen (secondary N) is 2. The molecule has 2 rings (SSSR count). The summed E-state index contributed by atoms with van der Waals surface area (Å²) in [6.07, 6.45) is 8.37. The lowest BCUT2D eigenvalue weighted by atomic mass is 10.2. The molecule has 1 aromatic carbocycles. The minimum Gasteiger partial charge on any atom is -0.494 e. The van der Waals surface area contributed by atoms with Gasteiger partial charge in [0, 0.05) is 30.8 Å². The summed E-state index contributed by atoms with van der Waals surface area (Å²) in [4.78, 5) is 16.3. The number of benzene rings is 1. The van der Waals surface area contributed by atoms with Crippen molar-refractivity contribution in [3.05, 3.63) is 53.8 Å². The summed E-state index contributed by atoms with van der Waals surface area (Å²) < 4.78 is 38.3. The number of methoxy groups -OCH3 is 1. The number of aromatic nitrogens is 1. The van der Waals surface area contributed by atoms with Gasteiger partial charge in [-0.2, -0.15) is 9.83 Å². The Hall–Kier alpha value is -3.67. The summed E-state index contributed by atoms with van der Waals surface area (Å²) in [6.45, 7) is 4.35. The lowest BCUT2D eigenvalue weighted by Gasteiger charge is -2.08. The molecule has 0 unspecified atom stereocenters. The van der Waals surface area contributed by atoms with Crippen molar-refractivity contribution < 1.29 is 42.5 Å². The number of aliphatic imine (C=N–C) groups is 1. The Morgan fingerprint density at radius 2 is 1.48 bits per heavy atom. The van der Waals surface area contributed by atoms with Crippen molar-refractivity contribution in [2.24, 2.45) is 4.99 Å². The van der Waals surface area contributed by atoms with Crippen molar-refractivity contribution in [1.82, 2.24) is 5.32 Å². The summed E-state index contributed by atoms with van der Waals surface area (Å²) in [5.74, 6) is 1.17. The Balaban J connectivity index is 1.52. The third kappa shape index (κ3) is 18.8. The van der Waals surface area contributed by atoms with E-state index in [0.29, 0.717) is 69.5 Å². The predicted octanol–water partition coefficient (Wildman–Crippen LogP) is 3.91. The van der Waals surface area contributed by atoms with Crippen LogP contribution in [0, 0.1) is 11.5 Å². The predicted molar refractivity (Wildman–Crippen MR) is 163 cm³/mol. The highest BCUT2D eigenvalue weighted by Crippen LogP contribution is 2.16. The highest BCUT2D eigenvalue weighted by atomic mass is 35.5. The van der Waals surface area contributed by atoms with Gasteiger partial charge in [0.25, 0.3) is 6.73 Å². The largest absolute Gasteiger partial charge is 0.513 e. The van der Waals surface area contributed by atoms with E-state index >= 15 is 0 Å². The van der Waals surface area contributed by atoms with Gasteiger partial charge in [0.1, 0.15) is 12.4 Å². The molecule has 0 aliphatic rings. The number of halogens is 1. The molecule has 0 fully saturated rings. The first-order valence-electron chi connectivity index (χ1n) is 14.5. The molecule has 1 heterocycles. The number of nitrogens with zero attached hydrogens (tertiary/aromatic N) is 3. The molecule has 0 spiro atoms. The van der Waals surface area contributed by atoms with Crippen LogP contribution < -0.4 is 19.9 Å². The van der Waals surface area contributed by atoms with Gasteiger partial charge in [-0.15, -0.1) is 0 Å². The van der Waals surface area contributed by atoms with Crippen LogP contribution in [0.15, 0.2) is 53.8 Å². The smallest absolute Gasteiger partial charge is 0.494 e. The zero-order chi connectivity index (χ0) is 31.5. The molecule has 0 aliphatic carbocycles. The van der Waals surface area contributed by atoms with Gasteiger partial charge in [0.05, 0.1) is 58.5 Å². The number of carbonyl (C=O) groups is 1. The second kappa shape index (κ2) is 24.7. The van der Waals surface area contributed by atoms with E-state index in [9.17, 15) is 4.79 Å². The molecule has 0 radical (unpaired) electrons. The summed E-state index contributed by atoms with van der Waals surface area (Å²) in [5.41, 5.74) is 0.712. The Bertz CT molecular complexity index is 1100. The first kappa shape index (κ1) is 36.5. The highest BCUT2D eigenvalue weighted by molar-refractivity contribution is 6.30. The average molecular weight is 637 g/mol. The van der Waals surface area contributed by atoms with Crippen LogP contribution in [0.1, 0.15) is 25.7 Å². The van der Waals surface area contributed by atoms with Crippen LogP contribution in [0.3, 0.4) is 0 Å². The van der Waals surface area contributed by atoms with E-state index in [0.717, 1.165) is 31.4 Å². The molecule has 0 bridgehead atoms. The molecular formula is C30H43ClN5O8+. The standard InChI is InChI=1S/C30H42ClN5O8/c1-38-16-17-39-18-19-40-20-21-41-22-23-43-30(37)44-25-36-13-10-27(11-14-36)35-29(34-24-32)33-12-4-2-3-5-15-42-28-8-6-26(31)7-9-28/h6-11,13-14H,2-5,12,15-23,25H2,1H3,(H,33,34)/p+1. The van der Waals surface area contributed by atoms with Crippen molar-refractivity contribution in [2.45, 2.75) is 32.4 Å². The van der Waals surface area contributed by atoms with Gasteiger partial charge in [0.2, 0.25) is 5.96 Å². The maximum atomic E-state index is 11.8. The quantitative estimate of drug-likeness (QED) is 0.0348. The van der Waals surface area contributed by atoms with E-state index in [4.69, 9.17) is 50.0 Å². The van der Waals surface area contributed by atoms with Crippen molar-refractivity contribution in [3.8, 4) is 11.9 Å². The topological polar surface area (TPSA) is 146 Å². The molecule has 0 saturated carbocycles. The van der Waals surface area contributed by atoms with Crippen LogP contribution in [0.4, 0.5) is 10.5 Å². The third-order valence-electron chi connectivity index (χ3n) is 5.69. The number of rotatable bonds is 23. The molecular weight excluding hydrogens is 594 g/mol. The molecule has 0 saturated heterocycles. The monoisotopic (exact) mass is 636 g/mol. The minimum absolute atomic E-state index is 0.0254. The Labute approximate surface area is 263 Å². The number of anilines is 1. The van der Waals surface area contributed by atoms with Crippen molar-refractivity contribution >= 4 is 29.4 Å². The van der Waals surface area contributed by atoms with Gasteiger partial charge in [-0.25, -0.2) is 4.79 Å². The number of unbranched alkanes of at least 4 members (excludes halogenated alkanes) is 3. The molecule has 0 atom stereocenters. The number of ether oxygens (including phenoxy) is 7. The van der Waals surface area contributed by atoms with Gasteiger partial charge in [-0.3, -0.25) is 10.3 Å². The Morgan fingerprint density at radius 1 is 0.841 bits per heavy atom. The molecule has 2 N–H and O–H groups in total. The number of guanidine groups is 1. The van der Waals surface area contributed by atoms with E-state index in [1.54, 1.807) is 48.3 Å². The number of hydrogen-bond donors (Lipinski definition) is 2. The van der Waals surface area contributed by atoms with Crippen LogP contribution in [-0.4, -0.2) is 85.2 Å². The molecule has 2 aromatic rings. The zero-order valence-corrected chi connectivity index (χ0v) is 26.0. The molecule has 14 heteroatoms. The fourth-order valence-electron chi connectivity index (χ4n) is 3.44. The van der Waals surface area contributed by atoms with Crippen molar-refractivity contribution in [2.75, 3.05) is 78.4 Å². The summed E-state index contributed by atoms with van der Waals surface area (Å²) in [7, 11) is 1.62. The maximum absolute atomic E-state index is 11.8. The van der Waals surface area contributed by atoms with Crippen LogP contribution in [0.5, 0.6) is 5.75 Å². The lowest BCUT2D eigenvalue weighted by Crippen LogP contribution is -2.36. The SMILES string of the molecule is COCCOCCOCCOCCOC(=O)OC[n+]1ccc(NC(=NCCCCCCOc2ccc(Cl)cc2)NC#N)cc1. The lowest BCUT2D eigenvalue weighted by molar-refractivity contribution is -0.727. The summed E-state index contributed by atoms with van der Waals surface area (Å²) >= 11 is 5.88. The third-order valence-corrected chi connectivity index (χ3v) is 5.94. The molecule has 242 valence electrons. The van der Waals surface area contributed by atoms with Crippen LogP contribution in [-0.2, 0) is 35.2 Å². The van der Waals surface area contributed by atoms with Crippen LogP contribution >= 0.6 is 11.6 Å². The number of nitriles is 1. The number of pyridine rings is 1. The van der Waals surface area contributed by atoms with Gasteiger partial charge >= 0.3 is 6.16 Å². The van der Waals surface area contributed by atoms with Crippen molar-refractivity contribution in [3.63, 3.8) is 0 Å². The normalized spacial score (nSPS) is 11.1. The molecule has 13 nitrogen and oxygen atoms in total. The second-order valence-corrected chi connectivity index (χ2v) is 9.55. The average Bonchev–Trinajstić information content (AvgIpc) is 3.03. The Kier molecular flexibility index (Phi) is 20.5. The van der Waals surface area contributed by atoms with E-state index in [1.165, 1.54) is 0 Å². The summed E-state index contributed by atoms with van der Waals surface area (Å²) in [5, 5.41) is 15.4. The van der Waals surface area contributed by atoms with E-state index < -0.39 is 6.16 Å². The first-order chi connectivity index (χ1) is 21.6. The fourth-order valence-corrected chi connectivity index (χ4v) is 3.57. The number of carbonyl (C=O) groups excluding carboxylic acids is 1. The fraction of sp³-hybridized carbons (Fsp3) is 0.533. The second-order valence-electron chi connectivity index (χ2n) is 9.11. The molecule has 44 heavy (non-hydrogen) atoms. The van der Waals surface area contributed by atoms with E-state index in [1.807, 2.05) is 18.3 Å². The van der Waals surface area contributed by atoms with Gasteiger partial charge in [-0.1, -0.05) is 18.0 Å². The van der Waals surface area contributed by atoms with Crippen molar-refractivity contribution in [1.29, 1.82) is 5.26 Å². The Morgan fingerprint density at radius 3 is 2.14 bits per heavy atom. The van der Waals surface area contributed by atoms with Gasteiger partial charge < -0.3 is 38.5 Å². The maximum Gasteiger partial charge on any atom is 0.513 e. The van der Waals surface area contributed by atoms with Gasteiger partial charge in [-0.05, 0) is 43.5 Å². The van der Waals surface area contributed by atoms with Crippen LogP contribution in [0.25, 0.3) is 0 Å². The zero-order valence-electron chi connectivity index (χ0n) is 25.2. The van der Waals surface area contributed by atoms with E-state index in [-0.39, 0.29) is 19.9 Å². The minimum atomic E-state index is -0.797. The first-order valence-corrected chi connectivity index (χ1v) is 14.8. The number of hydrogen-bond acceptors (Lipinski definition) is 10. The van der Waals surface area contributed by atoms with Crippen LogP contribution in [0.2, 0.25) is 5.02 Å². The van der Waals surface area contributed by atoms with Gasteiger partial charge in [0.15, 0.2) is 18.6 Å². The van der Waals surface area contributed by atoms with E-state index in [2.05, 4.69) is 15.6 Å². The summed E-state index contributed by atoms with van der Waals surface area (Å²) in [6, 6.07) is 10.9.